The van der Waals surface area contributed by atoms with E-state index in [9.17, 15) is 4.79 Å². The Labute approximate surface area is 103 Å². The monoisotopic (exact) mass is 231 g/mol. The zero-order valence-electron chi connectivity index (χ0n) is 10.7. The van der Waals surface area contributed by atoms with Gasteiger partial charge in [0.05, 0.1) is 6.04 Å². The maximum atomic E-state index is 12.2. The van der Waals surface area contributed by atoms with Crippen molar-refractivity contribution < 1.29 is 4.79 Å². The van der Waals surface area contributed by atoms with Gasteiger partial charge in [0.25, 0.3) is 0 Å². The molecule has 1 aromatic rings. The zero-order chi connectivity index (χ0) is 12.4. The summed E-state index contributed by atoms with van der Waals surface area (Å²) in [6.07, 6.45) is 4.23. The van der Waals surface area contributed by atoms with E-state index in [0.717, 1.165) is 24.8 Å². The van der Waals surface area contributed by atoms with Crippen LogP contribution in [0.15, 0.2) is 18.2 Å². The quantitative estimate of drug-likeness (QED) is 0.810. The van der Waals surface area contributed by atoms with E-state index in [-0.39, 0.29) is 11.8 Å². The third-order valence-corrected chi connectivity index (χ3v) is 3.45. The van der Waals surface area contributed by atoms with Crippen molar-refractivity contribution in [3.8, 4) is 0 Å². The molecule has 1 aliphatic carbocycles. The van der Waals surface area contributed by atoms with Gasteiger partial charge in [-0.15, -0.1) is 0 Å². The van der Waals surface area contributed by atoms with E-state index in [1.807, 2.05) is 12.1 Å². The van der Waals surface area contributed by atoms with Crippen LogP contribution in [-0.4, -0.2) is 11.8 Å². The number of Topliss-reactive ketones (excluding diaryl/α,β-unsaturated/α-hetero) is 1. The third kappa shape index (κ3) is 2.75. The van der Waals surface area contributed by atoms with E-state index in [1.165, 1.54) is 17.5 Å². The number of rotatable bonds is 4. The maximum absolute atomic E-state index is 12.2. The first-order valence-corrected chi connectivity index (χ1v) is 6.49. The highest BCUT2D eigenvalue weighted by Crippen LogP contribution is 2.23. The summed E-state index contributed by atoms with van der Waals surface area (Å²) in [6, 6.07) is 5.73. The lowest BCUT2D eigenvalue weighted by atomic mass is 9.95. The Kier molecular flexibility index (Phi) is 3.63. The molecule has 0 bridgehead atoms. The van der Waals surface area contributed by atoms with E-state index in [1.54, 1.807) is 0 Å². The summed E-state index contributed by atoms with van der Waals surface area (Å²) < 4.78 is 0. The molecule has 2 rings (SSSR count). The molecule has 1 unspecified atom stereocenters. The number of carbonyl (C=O) groups excluding carboxylic acids is 1. The van der Waals surface area contributed by atoms with Crippen molar-refractivity contribution in [2.24, 2.45) is 11.7 Å². The molecule has 0 aromatic heterocycles. The van der Waals surface area contributed by atoms with Crippen LogP contribution in [0.5, 0.6) is 0 Å². The van der Waals surface area contributed by atoms with Crippen LogP contribution in [-0.2, 0) is 12.8 Å². The largest absolute Gasteiger partial charge is 0.321 e. The van der Waals surface area contributed by atoms with Crippen molar-refractivity contribution in [2.45, 2.75) is 45.6 Å². The van der Waals surface area contributed by atoms with Crippen LogP contribution < -0.4 is 5.73 Å². The fraction of sp³-hybridized carbons (Fsp3) is 0.533. The summed E-state index contributed by atoms with van der Waals surface area (Å²) in [5, 5.41) is 0. The van der Waals surface area contributed by atoms with Gasteiger partial charge in [0.1, 0.15) is 0 Å². The summed E-state index contributed by atoms with van der Waals surface area (Å²) in [5.74, 6) is 0.553. The van der Waals surface area contributed by atoms with E-state index in [2.05, 4.69) is 19.9 Å². The molecule has 0 heterocycles. The lowest BCUT2D eigenvalue weighted by Crippen LogP contribution is -2.32. The molecule has 0 radical (unpaired) electrons. The van der Waals surface area contributed by atoms with Gasteiger partial charge in [0, 0.05) is 5.56 Å². The summed E-state index contributed by atoms with van der Waals surface area (Å²) in [5.41, 5.74) is 9.48. The summed E-state index contributed by atoms with van der Waals surface area (Å²) in [7, 11) is 0. The van der Waals surface area contributed by atoms with Crippen LogP contribution in [0.3, 0.4) is 0 Å². The Bertz CT molecular complexity index is 423. The number of hydrogen-bond acceptors (Lipinski definition) is 2. The SMILES string of the molecule is CC(C)CC(N)C(=O)c1ccc2c(c1)CCC2. The highest BCUT2D eigenvalue weighted by Gasteiger charge is 2.19. The van der Waals surface area contributed by atoms with Gasteiger partial charge in [-0.2, -0.15) is 0 Å². The first-order valence-electron chi connectivity index (χ1n) is 6.49. The number of fused-ring (bicyclic) bond motifs is 1. The van der Waals surface area contributed by atoms with Crippen LogP contribution in [0.4, 0.5) is 0 Å². The molecule has 1 aromatic carbocycles. The van der Waals surface area contributed by atoms with Crippen molar-refractivity contribution in [3.63, 3.8) is 0 Å². The molecular weight excluding hydrogens is 210 g/mol. The fourth-order valence-corrected chi connectivity index (χ4v) is 2.55. The Hall–Kier alpha value is -1.15. The summed E-state index contributed by atoms with van der Waals surface area (Å²) >= 11 is 0. The van der Waals surface area contributed by atoms with Gasteiger partial charge in [-0.1, -0.05) is 26.0 Å². The molecule has 0 saturated heterocycles. The molecule has 0 spiro atoms. The van der Waals surface area contributed by atoms with Gasteiger partial charge in [0.15, 0.2) is 5.78 Å². The highest BCUT2D eigenvalue weighted by molar-refractivity contribution is 6.00. The number of carbonyl (C=O) groups is 1. The average Bonchev–Trinajstić information content (AvgIpc) is 2.73. The summed E-state index contributed by atoms with van der Waals surface area (Å²) in [4.78, 5) is 12.2. The van der Waals surface area contributed by atoms with Gasteiger partial charge in [-0.3, -0.25) is 4.79 Å². The predicted molar refractivity (Wildman–Crippen MR) is 70.2 cm³/mol. The second kappa shape index (κ2) is 5.01. The lowest BCUT2D eigenvalue weighted by molar-refractivity contribution is 0.0951. The molecule has 1 atom stereocenters. The molecular formula is C15H21NO. The van der Waals surface area contributed by atoms with Crippen molar-refractivity contribution in [1.29, 1.82) is 0 Å². The van der Waals surface area contributed by atoms with E-state index in [4.69, 9.17) is 5.73 Å². The third-order valence-electron chi connectivity index (χ3n) is 3.45. The second-order valence-electron chi connectivity index (χ2n) is 5.44. The molecule has 1 aliphatic rings. The zero-order valence-corrected chi connectivity index (χ0v) is 10.7. The molecule has 0 saturated carbocycles. The molecule has 2 N–H and O–H groups in total. The Morgan fingerprint density at radius 1 is 1.29 bits per heavy atom. The fourth-order valence-electron chi connectivity index (χ4n) is 2.55. The number of aryl methyl sites for hydroxylation is 2. The normalized spacial score (nSPS) is 16.0. The molecule has 0 fully saturated rings. The first kappa shape index (κ1) is 12.3. The van der Waals surface area contributed by atoms with Crippen molar-refractivity contribution in [3.05, 3.63) is 34.9 Å². The number of benzene rings is 1. The van der Waals surface area contributed by atoms with Crippen LogP contribution in [0.25, 0.3) is 0 Å². The summed E-state index contributed by atoms with van der Waals surface area (Å²) in [6.45, 7) is 4.19. The molecule has 2 nitrogen and oxygen atoms in total. The van der Waals surface area contributed by atoms with Crippen molar-refractivity contribution in [1.82, 2.24) is 0 Å². The molecule has 0 amide bonds. The van der Waals surface area contributed by atoms with E-state index in [0.29, 0.717) is 5.92 Å². The average molecular weight is 231 g/mol. The first-order chi connectivity index (χ1) is 8.08. The number of hydrogen-bond donors (Lipinski definition) is 1. The van der Waals surface area contributed by atoms with Crippen molar-refractivity contribution >= 4 is 5.78 Å². The molecule has 92 valence electrons. The number of ketones is 1. The van der Waals surface area contributed by atoms with Gasteiger partial charge < -0.3 is 5.73 Å². The Morgan fingerprint density at radius 2 is 2.00 bits per heavy atom. The minimum atomic E-state index is -0.352. The van der Waals surface area contributed by atoms with Crippen LogP contribution in [0.1, 0.15) is 48.2 Å². The van der Waals surface area contributed by atoms with Gasteiger partial charge >= 0.3 is 0 Å². The topological polar surface area (TPSA) is 43.1 Å². The van der Waals surface area contributed by atoms with Crippen LogP contribution in [0.2, 0.25) is 0 Å². The van der Waals surface area contributed by atoms with Crippen LogP contribution in [0, 0.1) is 5.92 Å². The predicted octanol–water partition coefficient (Wildman–Crippen LogP) is 2.73. The van der Waals surface area contributed by atoms with Gasteiger partial charge in [0.2, 0.25) is 0 Å². The minimum absolute atomic E-state index is 0.0911. The van der Waals surface area contributed by atoms with Crippen molar-refractivity contribution in [2.75, 3.05) is 0 Å². The Balaban J connectivity index is 2.14. The smallest absolute Gasteiger partial charge is 0.179 e. The van der Waals surface area contributed by atoms with Gasteiger partial charge in [-0.05, 0) is 48.8 Å². The van der Waals surface area contributed by atoms with E-state index < -0.39 is 0 Å². The van der Waals surface area contributed by atoms with E-state index >= 15 is 0 Å². The second-order valence-corrected chi connectivity index (χ2v) is 5.44. The van der Waals surface area contributed by atoms with Crippen LogP contribution >= 0.6 is 0 Å². The van der Waals surface area contributed by atoms with Gasteiger partial charge in [-0.25, -0.2) is 0 Å². The standard InChI is InChI=1S/C15H21NO/c1-10(2)8-14(16)15(17)13-7-6-11-4-3-5-12(11)9-13/h6-7,9-10,14H,3-5,8,16H2,1-2H3. The highest BCUT2D eigenvalue weighted by atomic mass is 16.1. The number of nitrogens with two attached hydrogens (primary N) is 1. The minimum Gasteiger partial charge on any atom is -0.321 e. The lowest BCUT2D eigenvalue weighted by Gasteiger charge is -2.13. The molecule has 2 heteroatoms. The molecule has 17 heavy (non-hydrogen) atoms. The maximum Gasteiger partial charge on any atom is 0.179 e. The Morgan fingerprint density at radius 3 is 2.71 bits per heavy atom. The molecule has 0 aliphatic heterocycles.